The lowest BCUT2D eigenvalue weighted by atomic mass is 10.1. The molecule has 1 aromatic carbocycles. The minimum Gasteiger partial charge on any atom is -0.482 e. The van der Waals surface area contributed by atoms with Gasteiger partial charge in [-0.05, 0) is 26.1 Å². The van der Waals surface area contributed by atoms with Crippen LogP contribution in [0, 0.1) is 10.1 Å². The number of carbonyl (C=O) groups is 1. The molecule has 0 bridgehead atoms. The van der Waals surface area contributed by atoms with E-state index in [-0.39, 0.29) is 29.0 Å². The number of hydrogen-bond acceptors (Lipinski definition) is 5. The maximum Gasteiger partial charge on any atom is 0.311 e. The first-order valence-electron chi connectivity index (χ1n) is 5.81. The Labute approximate surface area is 111 Å². The number of nitrogens with zero attached hydrogens (tertiary/aromatic N) is 1. The molecule has 1 rings (SSSR count). The van der Waals surface area contributed by atoms with Gasteiger partial charge in [0.15, 0.2) is 5.75 Å². The van der Waals surface area contributed by atoms with Crippen molar-refractivity contribution in [3.63, 3.8) is 0 Å². The fraction of sp³-hybridized carbons (Fsp3) is 0.417. The monoisotopic (exact) mass is 267 g/mol. The first-order valence-corrected chi connectivity index (χ1v) is 5.81. The van der Waals surface area contributed by atoms with Gasteiger partial charge in [0.1, 0.15) is 6.10 Å². The van der Waals surface area contributed by atoms with Crippen molar-refractivity contribution < 1.29 is 14.5 Å². The molecule has 1 aromatic rings. The van der Waals surface area contributed by atoms with Gasteiger partial charge in [-0.15, -0.1) is 0 Å². The normalized spacial score (nSPS) is 11.7. The van der Waals surface area contributed by atoms with Gasteiger partial charge in [0.25, 0.3) is 5.91 Å². The van der Waals surface area contributed by atoms with Crippen LogP contribution in [-0.4, -0.2) is 37.6 Å². The van der Waals surface area contributed by atoms with Crippen LogP contribution in [0.3, 0.4) is 0 Å². The summed E-state index contributed by atoms with van der Waals surface area (Å²) in [5, 5.41) is 16.3. The van der Waals surface area contributed by atoms with Crippen molar-refractivity contribution in [3.8, 4) is 5.75 Å². The van der Waals surface area contributed by atoms with Crippen LogP contribution in [-0.2, 0) is 0 Å². The average molecular weight is 267 g/mol. The lowest BCUT2D eigenvalue weighted by molar-refractivity contribution is -0.386. The summed E-state index contributed by atoms with van der Waals surface area (Å²) >= 11 is 0. The first kappa shape index (κ1) is 14.9. The van der Waals surface area contributed by atoms with E-state index in [1.165, 1.54) is 25.2 Å². The molecular formula is C12H17N3O4. The van der Waals surface area contributed by atoms with Crippen LogP contribution in [0.15, 0.2) is 18.2 Å². The Morgan fingerprint density at radius 2 is 2.16 bits per heavy atom. The fourth-order valence-electron chi connectivity index (χ4n) is 1.59. The summed E-state index contributed by atoms with van der Waals surface area (Å²) in [7, 11) is 3.23. The molecule has 0 aliphatic rings. The molecule has 1 amide bonds. The van der Waals surface area contributed by atoms with Crippen molar-refractivity contribution in [2.45, 2.75) is 13.0 Å². The summed E-state index contributed by atoms with van der Waals surface area (Å²) < 4.78 is 5.48. The van der Waals surface area contributed by atoms with E-state index in [2.05, 4.69) is 10.6 Å². The minimum absolute atomic E-state index is 0.153. The fourth-order valence-corrected chi connectivity index (χ4v) is 1.59. The van der Waals surface area contributed by atoms with E-state index in [1.807, 2.05) is 0 Å². The molecule has 7 nitrogen and oxygen atoms in total. The van der Waals surface area contributed by atoms with Crippen LogP contribution >= 0.6 is 0 Å². The number of nitro groups is 1. The zero-order chi connectivity index (χ0) is 14.4. The van der Waals surface area contributed by atoms with Crippen molar-refractivity contribution in [2.75, 3.05) is 20.6 Å². The molecule has 0 aliphatic carbocycles. The standard InChI is InChI=1S/C12H17N3O4/c1-8(7-13-2)19-11-5-4-9(12(16)14-3)6-10(11)15(17)18/h4-6,8,13H,7H2,1-3H3,(H,14,16). The van der Waals surface area contributed by atoms with Crippen LogP contribution in [0.5, 0.6) is 5.75 Å². The highest BCUT2D eigenvalue weighted by Crippen LogP contribution is 2.28. The number of benzene rings is 1. The number of hydrogen-bond donors (Lipinski definition) is 2. The third-order valence-corrected chi connectivity index (χ3v) is 2.46. The third kappa shape index (κ3) is 3.92. The molecule has 0 saturated heterocycles. The van der Waals surface area contributed by atoms with Gasteiger partial charge >= 0.3 is 5.69 Å². The van der Waals surface area contributed by atoms with Crippen molar-refractivity contribution in [1.82, 2.24) is 10.6 Å². The lowest BCUT2D eigenvalue weighted by Gasteiger charge is -2.14. The highest BCUT2D eigenvalue weighted by Gasteiger charge is 2.19. The van der Waals surface area contributed by atoms with E-state index in [0.717, 1.165) is 0 Å². The Hall–Kier alpha value is -2.15. The Bertz CT molecular complexity index is 476. The minimum atomic E-state index is -0.562. The van der Waals surface area contributed by atoms with E-state index >= 15 is 0 Å². The molecule has 0 saturated carbocycles. The molecule has 1 atom stereocenters. The summed E-state index contributed by atoms with van der Waals surface area (Å²) in [6.45, 7) is 2.36. The second-order valence-electron chi connectivity index (χ2n) is 4.00. The maximum atomic E-state index is 11.4. The van der Waals surface area contributed by atoms with Crippen LogP contribution in [0.2, 0.25) is 0 Å². The number of carbonyl (C=O) groups excluding carboxylic acids is 1. The van der Waals surface area contributed by atoms with Crippen molar-refractivity contribution >= 4 is 11.6 Å². The predicted octanol–water partition coefficient (Wildman–Crippen LogP) is 0.941. The zero-order valence-electron chi connectivity index (χ0n) is 11.1. The van der Waals surface area contributed by atoms with E-state index < -0.39 is 4.92 Å². The molecule has 0 aliphatic heterocycles. The van der Waals surface area contributed by atoms with Gasteiger partial charge in [0.05, 0.1) is 4.92 Å². The number of amides is 1. The Balaban J connectivity index is 3.05. The molecule has 0 radical (unpaired) electrons. The van der Waals surface area contributed by atoms with Crippen molar-refractivity contribution in [2.24, 2.45) is 0 Å². The number of nitrogens with one attached hydrogen (secondary N) is 2. The molecule has 1 unspecified atom stereocenters. The molecule has 19 heavy (non-hydrogen) atoms. The molecular weight excluding hydrogens is 250 g/mol. The Morgan fingerprint density at radius 3 is 2.68 bits per heavy atom. The molecule has 0 fully saturated rings. The lowest BCUT2D eigenvalue weighted by Crippen LogP contribution is -2.26. The van der Waals surface area contributed by atoms with Gasteiger partial charge in [-0.25, -0.2) is 0 Å². The van der Waals surface area contributed by atoms with E-state index in [4.69, 9.17) is 4.74 Å². The largest absolute Gasteiger partial charge is 0.482 e. The van der Waals surface area contributed by atoms with E-state index in [9.17, 15) is 14.9 Å². The molecule has 104 valence electrons. The van der Waals surface area contributed by atoms with Crippen LogP contribution in [0.4, 0.5) is 5.69 Å². The van der Waals surface area contributed by atoms with Gasteiger partial charge in [0.2, 0.25) is 0 Å². The van der Waals surface area contributed by atoms with Gasteiger partial charge in [-0.2, -0.15) is 0 Å². The van der Waals surface area contributed by atoms with Gasteiger partial charge < -0.3 is 15.4 Å². The molecule has 0 heterocycles. The summed E-state index contributed by atoms with van der Waals surface area (Å²) in [6, 6.07) is 4.14. The number of nitro benzene ring substituents is 1. The summed E-state index contributed by atoms with van der Waals surface area (Å²) in [6.07, 6.45) is -0.213. The first-order chi connectivity index (χ1) is 8.99. The van der Waals surface area contributed by atoms with Crippen molar-refractivity contribution in [3.05, 3.63) is 33.9 Å². The molecule has 0 spiro atoms. The van der Waals surface area contributed by atoms with E-state index in [0.29, 0.717) is 6.54 Å². The SMILES string of the molecule is CNCC(C)Oc1ccc(C(=O)NC)cc1[N+](=O)[O-]. The quantitative estimate of drug-likeness (QED) is 0.591. The number of likely N-dealkylation sites (N-methyl/N-ethyl adjacent to an activating group) is 1. The molecule has 7 heteroatoms. The van der Waals surface area contributed by atoms with Crippen LogP contribution < -0.4 is 15.4 Å². The second kappa shape index (κ2) is 6.69. The average Bonchev–Trinajstić information content (AvgIpc) is 2.38. The van der Waals surface area contributed by atoms with Gasteiger partial charge in [-0.3, -0.25) is 14.9 Å². The van der Waals surface area contributed by atoms with Crippen LogP contribution in [0.25, 0.3) is 0 Å². The smallest absolute Gasteiger partial charge is 0.311 e. The molecule has 0 aromatic heterocycles. The highest BCUT2D eigenvalue weighted by molar-refractivity contribution is 5.94. The second-order valence-corrected chi connectivity index (χ2v) is 4.00. The summed E-state index contributed by atoms with van der Waals surface area (Å²) in [5.41, 5.74) is 0.00636. The Morgan fingerprint density at radius 1 is 1.47 bits per heavy atom. The van der Waals surface area contributed by atoms with Gasteiger partial charge in [0, 0.05) is 25.2 Å². The van der Waals surface area contributed by atoms with Gasteiger partial charge in [-0.1, -0.05) is 0 Å². The van der Waals surface area contributed by atoms with E-state index in [1.54, 1.807) is 14.0 Å². The Kier molecular flexibility index (Phi) is 5.25. The van der Waals surface area contributed by atoms with Crippen LogP contribution in [0.1, 0.15) is 17.3 Å². The van der Waals surface area contributed by atoms with Crippen molar-refractivity contribution in [1.29, 1.82) is 0 Å². The zero-order valence-corrected chi connectivity index (χ0v) is 11.1. The number of rotatable bonds is 6. The highest BCUT2D eigenvalue weighted by atomic mass is 16.6. The summed E-state index contributed by atoms with van der Waals surface area (Å²) in [5.74, 6) is -0.224. The maximum absolute atomic E-state index is 11.4. The summed E-state index contributed by atoms with van der Waals surface area (Å²) in [4.78, 5) is 21.9. The number of ether oxygens (including phenoxy) is 1. The third-order valence-electron chi connectivity index (χ3n) is 2.46. The topological polar surface area (TPSA) is 93.5 Å². The predicted molar refractivity (Wildman–Crippen MR) is 70.5 cm³/mol. The molecule has 2 N–H and O–H groups in total.